The van der Waals surface area contributed by atoms with Crippen LogP contribution in [-0.2, 0) is 27.9 Å². The number of carbonyl (C=O) groups is 1. The molecular formula is C24H45N3O7SSi2. The number of nitrogens with zero attached hydrogens (tertiary/aromatic N) is 1. The first-order valence-corrected chi connectivity index (χ1v) is 20.0. The maximum absolute atomic E-state index is 13.0. The van der Waals surface area contributed by atoms with Crippen LogP contribution in [0, 0.1) is 0 Å². The van der Waals surface area contributed by atoms with Crippen LogP contribution in [0.1, 0.15) is 48.5 Å². The van der Waals surface area contributed by atoms with Crippen molar-refractivity contribution in [2.75, 3.05) is 13.2 Å². The first kappa shape index (κ1) is 30.3. The molecule has 0 aliphatic carbocycles. The molecule has 10 nitrogen and oxygen atoms in total. The molecular weight excluding hydrogens is 531 g/mol. The highest BCUT2D eigenvalue weighted by atomic mass is 32.2. The van der Waals surface area contributed by atoms with Crippen molar-refractivity contribution >= 4 is 32.8 Å². The molecule has 3 N–H and O–H groups in total. The number of amides is 2. The van der Waals surface area contributed by atoms with E-state index in [4.69, 9.17) is 23.5 Å². The quantitative estimate of drug-likeness (QED) is 0.360. The van der Waals surface area contributed by atoms with Gasteiger partial charge in [-0.3, -0.25) is 4.90 Å². The minimum atomic E-state index is -4.12. The minimum Gasteiger partial charge on any atom is -0.414 e. The van der Waals surface area contributed by atoms with Crippen molar-refractivity contribution in [3.05, 3.63) is 22.9 Å². The predicted molar refractivity (Wildman–Crippen MR) is 148 cm³/mol. The Morgan fingerprint density at radius 2 is 1.70 bits per heavy atom. The second kappa shape index (κ2) is 9.45. The van der Waals surface area contributed by atoms with Crippen LogP contribution in [0.2, 0.25) is 36.3 Å². The maximum Gasteiger partial charge on any atom is 0.323 e. The van der Waals surface area contributed by atoms with E-state index in [1.807, 2.05) is 6.92 Å². The first-order chi connectivity index (χ1) is 16.5. The van der Waals surface area contributed by atoms with Crippen molar-refractivity contribution in [1.82, 2.24) is 10.2 Å². The molecule has 0 aromatic rings. The summed E-state index contributed by atoms with van der Waals surface area (Å²) in [6.45, 7) is 23.2. The summed E-state index contributed by atoms with van der Waals surface area (Å²) < 4.78 is 51.3. The molecule has 2 amide bonds. The number of hydrogen-bond donors (Lipinski definition) is 2. The Hall–Kier alpha value is -1.23. The van der Waals surface area contributed by atoms with Gasteiger partial charge < -0.3 is 24.6 Å². The van der Waals surface area contributed by atoms with Gasteiger partial charge in [-0.15, -0.1) is 0 Å². The average Bonchev–Trinajstić information content (AvgIpc) is 3.13. The van der Waals surface area contributed by atoms with Gasteiger partial charge in [-0.25, -0.2) is 8.98 Å². The van der Waals surface area contributed by atoms with Gasteiger partial charge in [0, 0.05) is 12.7 Å². The SMILES string of the molecule is CC1=CN(C2OC(CO[Si](C)(C)C(C)(C)C)C3(OS(=O)(=O)C=C3N)C2O[Si](C)(C)C(C)(C)C)C(=O)NC1. The van der Waals surface area contributed by atoms with Crippen LogP contribution < -0.4 is 11.1 Å². The molecule has 13 heteroatoms. The van der Waals surface area contributed by atoms with Crippen LogP contribution in [0.5, 0.6) is 0 Å². The van der Waals surface area contributed by atoms with Gasteiger partial charge in [0.15, 0.2) is 28.5 Å². The van der Waals surface area contributed by atoms with E-state index in [2.05, 4.69) is 73.0 Å². The predicted octanol–water partition coefficient (Wildman–Crippen LogP) is 3.95. The van der Waals surface area contributed by atoms with Crippen LogP contribution in [0.15, 0.2) is 22.9 Å². The summed E-state index contributed by atoms with van der Waals surface area (Å²) in [6.07, 6.45) is -1.22. The van der Waals surface area contributed by atoms with E-state index in [1.165, 1.54) is 4.90 Å². The van der Waals surface area contributed by atoms with Gasteiger partial charge in [0.1, 0.15) is 12.2 Å². The summed E-state index contributed by atoms with van der Waals surface area (Å²) in [5, 5.41) is 3.45. The number of carbonyl (C=O) groups excluding carboxylic acids is 1. The molecule has 1 spiro atoms. The molecule has 0 saturated carbocycles. The number of ether oxygens (including phenoxy) is 1. The standard InChI is InChI=1S/C24H45N3O7SSi2/c1-16-12-26-21(28)27(13-16)20-19(33-37(10,11)23(5,6)7)24(17(25)15-35(29,30)34-24)18(32-20)14-31-36(8,9)22(2,3)4/h13,15,18-20H,12,14,25H2,1-11H3,(H,26,28). The number of rotatable bonds is 6. The van der Waals surface area contributed by atoms with Gasteiger partial charge in [0.05, 0.1) is 17.7 Å². The fourth-order valence-corrected chi connectivity index (χ4v) is 7.56. The van der Waals surface area contributed by atoms with Gasteiger partial charge >= 0.3 is 6.03 Å². The molecule has 1 fully saturated rings. The van der Waals surface area contributed by atoms with E-state index in [0.29, 0.717) is 6.54 Å². The third-order valence-corrected chi connectivity index (χ3v) is 18.5. The molecule has 3 aliphatic rings. The summed E-state index contributed by atoms with van der Waals surface area (Å²) in [5.41, 5.74) is 5.69. The lowest BCUT2D eigenvalue weighted by molar-refractivity contribution is -0.0649. The Kier molecular flexibility index (Phi) is 7.75. The van der Waals surface area contributed by atoms with Crippen LogP contribution in [0.25, 0.3) is 0 Å². The van der Waals surface area contributed by atoms with E-state index in [0.717, 1.165) is 11.0 Å². The third kappa shape index (κ3) is 5.59. The van der Waals surface area contributed by atoms with Gasteiger partial charge in [-0.05, 0) is 48.8 Å². The Labute approximate surface area is 224 Å². The summed E-state index contributed by atoms with van der Waals surface area (Å²) >= 11 is 0. The third-order valence-electron chi connectivity index (χ3n) is 8.46. The van der Waals surface area contributed by atoms with Crippen molar-refractivity contribution in [2.24, 2.45) is 5.73 Å². The Morgan fingerprint density at radius 1 is 1.14 bits per heavy atom. The zero-order valence-electron chi connectivity index (χ0n) is 24.1. The number of hydrogen-bond acceptors (Lipinski definition) is 8. The van der Waals surface area contributed by atoms with Gasteiger partial charge in [0.2, 0.25) is 0 Å². The molecule has 3 rings (SSSR count). The van der Waals surface area contributed by atoms with Crippen molar-refractivity contribution in [3.8, 4) is 0 Å². The van der Waals surface area contributed by atoms with Crippen molar-refractivity contribution in [2.45, 2.75) is 109 Å². The highest BCUT2D eigenvalue weighted by Gasteiger charge is 2.68. The van der Waals surface area contributed by atoms with Crippen molar-refractivity contribution in [3.63, 3.8) is 0 Å². The minimum absolute atomic E-state index is 0.0133. The summed E-state index contributed by atoms with van der Waals surface area (Å²) in [5.74, 6) is 0. The second-order valence-corrected chi connectivity index (χ2v) is 24.3. The summed E-state index contributed by atoms with van der Waals surface area (Å²) in [4.78, 5) is 14.4. The molecule has 0 aromatic carbocycles. The van der Waals surface area contributed by atoms with E-state index < -0.39 is 50.8 Å². The second-order valence-electron chi connectivity index (χ2n) is 13.4. The zero-order valence-corrected chi connectivity index (χ0v) is 26.9. The van der Waals surface area contributed by atoms with Gasteiger partial charge in [0.25, 0.3) is 10.1 Å². The lowest BCUT2D eigenvalue weighted by Gasteiger charge is -2.44. The largest absolute Gasteiger partial charge is 0.414 e. The molecule has 37 heavy (non-hydrogen) atoms. The molecule has 3 heterocycles. The van der Waals surface area contributed by atoms with Gasteiger partial charge in [-0.2, -0.15) is 8.42 Å². The first-order valence-electron chi connectivity index (χ1n) is 12.7. The van der Waals surface area contributed by atoms with Crippen LogP contribution >= 0.6 is 0 Å². The van der Waals surface area contributed by atoms with Crippen molar-refractivity contribution < 1.29 is 31.0 Å². The summed E-state index contributed by atoms with van der Waals surface area (Å²) in [7, 11) is -8.93. The summed E-state index contributed by atoms with van der Waals surface area (Å²) in [6, 6.07) is -0.371. The van der Waals surface area contributed by atoms with Crippen molar-refractivity contribution in [1.29, 1.82) is 0 Å². The Balaban J connectivity index is 2.16. The van der Waals surface area contributed by atoms with E-state index in [9.17, 15) is 13.2 Å². The monoisotopic (exact) mass is 575 g/mol. The fourth-order valence-electron chi connectivity index (χ4n) is 4.05. The molecule has 1 saturated heterocycles. The van der Waals surface area contributed by atoms with Crippen LogP contribution in [0.3, 0.4) is 0 Å². The normalized spacial score (nSPS) is 30.9. The van der Waals surface area contributed by atoms with E-state index >= 15 is 0 Å². The Morgan fingerprint density at radius 3 is 2.19 bits per heavy atom. The molecule has 212 valence electrons. The highest BCUT2D eigenvalue weighted by molar-refractivity contribution is 7.90. The van der Waals surface area contributed by atoms with E-state index in [-0.39, 0.29) is 28.4 Å². The van der Waals surface area contributed by atoms with E-state index in [1.54, 1.807) is 6.20 Å². The smallest absolute Gasteiger partial charge is 0.323 e. The molecule has 0 radical (unpaired) electrons. The number of nitrogens with two attached hydrogens (primary N) is 1. The van der Waals surface area contributed by atoms with Crippen LogP contribution in [0.4, 0.5) is 4.79 Å². The Bertz CT molecular complexity index is 1090. The zero-order chi connectivity index (χ0) is 28.4. The number of nitrogens with one attached hydrogen (secondary N) is 1. The molecule has 0 bridgehead atoms. The number of urea groups is 1. The molecule has 4 unspecified atom stereocenters. The topological polar surface area (TPSA) is 129 Å². The lowest BCUT2D eigenvalue weighted by atomic mass is 9.89. The molecule has 4 atom stereocenters. The molecule has 3 aliphatic heterocycles. The van der Waals surface area contributed by atoms with Gasteiger partial charge in [-0.1, -0.05) is 41.5 Å². The fraction of sp³-hybridized carbons (Fsp3) is 0.792. The maximum atomic E-state index is 13.0. The highest BCUT2D eigenvalue weighted by Crippen LogP contribution is 2.50. The molecule has 0 aromatic heterocycles. The van der Waals surface area contributed by atoms with Crippen LogP contribution in [-0.4, -0.2) is 73.2 Å². The average molecular weight is 576 g/mol. The lowest BCUT2D eigenvalue weighted by Crippen LogP contribution is -2.61.